The summed E-state index contributed by atoms with van der Waals surface area (Å²) in [6.45, 7) is 0. The molecule has 1 aliphatic heterocycles. The highest BCUT2D eigenvalue weighted by molar-refractivity contribution is 5.94. The number of hydrogen-bond acceptors (Lipinski definition) is 4. The van der Waals surface area contributed by atoms with Crippen molar-refractivity contribution >= 4 is 11.8 Å². The normalized spacial score (nSPS) is 25.9. The monoisotopic (exact) mass is 271 g/mol. The third-order valence-electron chi connectivity index (χ3n) is 3.81. The van der Waals surface area contributed by atoms with Crippen LogP contribution in [0.15, 0.2) is 6.20 Å². The first-order valence-corrected chi connectivity index (χ1v) is 6.32. The van der Waals surface area contributed by atoms with Gasteiger partial charge in [-0.3, -0.25) is 0 Å². The van der Waals surface area contributed by atoms with E-state index >= 15 is 0 Å². The Hall–Kier alpha value is -1.66. The minimum Gasteiger partial charge on any atom is -0.465 e. The summed E-state index contributed by atoms with van der Waals surface area (Å²) >= 11 is 0. The molecule has 5 nitrogen and oxygen atoms in total. The highest BCUT2D eigenvalue weighted by Crippen LogP contribution is 2.42. The van der Waals surface area contributed by atoms with Crippen LogP contribution >= 0.6 is 0 Å². The Morgan fingerprint density at radius 2 is 2.32 bits per heavy atom. The second-order valence-electron chi connectivity index (χ2n) is 5.07. The molecule has 0 bridgehead atoms. The van der Waals surface area contributed by atoms with Crippen molar-refractivity contribution in [1.29, 1.82) is 0 Å². The van der Waals surface area contributed by atoms with Crippen molar-refractivity contribution in [3.8, 4) is 0 Å². The molecule has 1 aromatic rings. The number of alkyl halides is 2. The summed E-state index contributed by atoms with van der Waals surface area (Å²) in [6, 6.07) is -0.980. The number of rotatable bonds is 3. The largest absolute Gasteiger partial charge is 0.465 e. The van der Waals surface area contributed by atoms with Gasteiger partial charge in [0.25, 0.3) is 6.43 Å². The van der Waals surface area contributed by atoms with Crippen LogP contribution in [0.5, 0.6) is 0 Å². The van der Waals surface area contributed by atoms with Gasteiger partial charge in [-0.15, -0.1) is 0 Å². The maximum Gasteiger partial charge on any atom is 0.343 e. The van der Waals surface area contributed by atoms with Crippen LogP contribution in [-0.4, -0.2) is 35.3 Å². The molecule has 2 atom stereocenters. The zero-order chi connectivity index (χ0) is 13.6. The first kappa shape index (κ1) is 12.4. The number of methoxy groups -OCH3 is 1. The molecule has 104 valence electrons. The fraction of sp³-hybridized carbons (Fsp3) is 0.667. The zero-order valence-corrected chi connectivity index (χ0v) is 10.5. The van der Waals surface area contributed by atoms with Gasteiger partial charge in [0, 0.05) is 6.04 Å². The maximum atomic E-state index is 13.1. The molecule has 0 radical (unpaired) electrons. The molecular formula is C12H15F2N3O2. The van der Waals surface area contributed by atoms with Gasteiger partial charge in [-0.2, -0.15) is 5.10 Å². The van der Waals surface area contributed by atoms with Crippen molar-refractivity contribution in [1.82, 2.24) is 9.78 Å². The van der Waals surface area contributed by atoms with E-state index in [-0.39, 0.29) is 11.6 Å². The number of fused-ring (bicyclic) bond motifs is 1. The molecule has 1 fully saturated rings. The van der Waals surface area contributed by atoms with Crippen molar-refractivity contribution in [2.24, 2.45) is 5.92 Å². The van der Waals surface area contributed by atoms with E-state index in [4.69, 9.17) is 0 Å². The molecule has 2 heterocycles. The van der Waals surface area contributed by atoms with Gasteiger partial charge in [0.15, 0.2) is 0 Å². The van der Waals surface area contributed by atoms with Gasteiger partial charge < -0.3 is 10.1 Å². The lowest BCUT2D eigenvalue weighted by Gasteiger charge is -2.32. The van der Waals surface area contributed by atoms with E-state index in [9.17, 15) is 13.6 Å². The van der Waals surface area contributed by atoms with Crippen molar-refractivity contribution in [2.45, 2.75) is 37.8 Å². The van der Waals surface area contributed by atoms with E-state index < -0.39 is 18.4 Å². The van der Waals surface area contributed by atoms with E-state index in [0.29, 0.717) is 18.2 Å². The van der Waals surface area contributed by atoms with Crippen molar-refractivity contribution < 1.29 is 18.3 Å². The zero-order valence-electron chi connectivity index (χ0n) is 10.5. The highest BCUT2D eigenvalue weighted by Gasteiger charge is 2.41. The van der Waals surface area contributed by atoms with E-state index in [0.717, 1.165) is 12.8 Å². The number of carbonyl (C=O) groups excluding carboxylic acids is 1. The molecule has 1 saturated carbocycles. The Labute approximate surface area is 108 Å². The number of aromatic nitrogens is 2. The number of nitrogens with one attached hydrogen (secondary N) is 1. The minimum absolute atomic E-state index is 0.00777. The van der Waals surface area contributed by atoms with E-state index in [1.807, 2.05) is 0 Å². The van der Waals surface area contributed by atoms with Crippen LogP contribution < -0.4 is 5.32 Å². The molecule has 1 aliphatic carbocycles. The van der Waals surface area contributed by atoms with Gasteiger partial charge in [-0.05, 0) is 25.2 Å². The second kappa shape index (κ2) is 4.47. The van der Waals surface area contributed by atoms with Gasteiger partial charge in [0.1, 0.15) is 17.4 Å². The van der Waals surface area contributed by atoms with E-state index in [1.54, 1.807) is 0 Å². The summed E-state index contributed by atoms with van der Waals surface area (Å²) in [5.74, 6) is 0.230. The van der Waals surface area contributed by atoms with Gasteiger partial charge in [-0.1, -0.05) is 0 Å². The second-order valence-corrected chi connectivity index (χ2v) is 5.07. The molecule has 2 aliphatic rings. The summed E-state index contributed by atoms with van der Waals surface area (Å²) in [5.41, 5.74) is 0.221. The fourth-order valence-corrected chi connectivity index (χ4v) is 2.63. The third-order valence-corrected chi connectivity index (χ3v) is 3.81. The van der Waals surface area contributed by atoms with E-state index in [2.05, 4.69) is 15.2 Å². The summed E-state index contributed by atoms with van der Waals surface area (Å²) in [7, 11) is 1.26. The van der Waals surface area contributed by atoms with Crippen LogP contribution in [0.2, 0.25) is 0 Å². The van der Waals surface area contributed by atoms with Crippen LogP contribution in [0.25, 0.3) is 0 Å². The van der Waals surface area contributed by atoms with Crippen LogP contribution in [0.1, 0.15) is 35.7 Å². The summed E-state index contributed by atoms with van der Waals surface area (Å²) in [5, 5.41) is 7.09. The first-order chi connectivity index (χ1) is 9.11. The molecular weight excluding hydrogens is 256 g/mol. The number of esters is 1. The van der Waals surface area contributed by atoms with Gasteiger partial charge in [0.2, 0.25) is 0 Å². The first-order valence-electron chi connectivity index (χ1n) is 6.32. The third kappa shape index (κ3) is 2.06. The SMILES string of the molecule is COC(=O)c1cnn2c1N[C@@H](C1CC1)C[C@H]2C(F)F. The molecule has 1 aromatic heterocycles. The predicted molar refractivity (Wildman–Crippen MR) is 63.4 cm³/mol. The van der Waals surface area contributed by atoms with Gasteiger partial charge in [-0.25, -0.2) is 18.3 Å². The number of anilines is 1. The Balaban J connectivity index is 1.97. The number of ether oxygens (including phenoxy) is 1. The Morgan fingerprint density at radius 1 is 1.58 bits per heavy atom. The lowest BCUT2D eigenvalue weighted by atomic mass is 10.0. The average Bonchev–Trinajstić information content (AvgIpc) is 3.16. The topological polar surface area (TPSA) is 56.1 Å². The lowest BCUT2D eigenvalue weighted by molar-refractivity contribution is 0.0588. The van der Waals surface area contributed by atoms with Crippen molar-refractivity contribution in [3.63, 3.8) is 0 Å². The Morgan fingerprint density at radius 3 is 2.89 bits per heavy atom. The quantitative estimate of drug-likeness (QED) is 0.855. The highest BCUT2D eigenvalue weighted by atomic mass is 19.3. The fourth-order valence-electron chi connectivity index (χ4n) is 2.63. The molecule has 0 saturated heterocycles. The average molecular weight is 271 g/mol. The van der Waals surface area contributed by atoms with E-state index in [1.165, 1.54) is 18.0 Å². The molecule has 0 amide bonds. The number of carbonyl (C=O) groups is 1. The van der Waals surface area contributed by atoms with Crippen LogP contribution in [0, 0.1) is 5.92 Å². The molecule has 0 spiro atoms. The molecule has 1 N–H and O–H groups in total. The molecule has 3 rings (SSSR count). The van der Waals surface area contributed by atoms with Crippen LogP contribution in [0.3, 0.4) is 0 Å². The Bertz CT molecular complexity index is 499. The van der Waals surface area contributed by atoms with Crippen LogP contribution in [-0.2, 0) is 4.74 Å². The smallest absolute Gasteiger partial charge is 0.343 e. The molecule has 7 heteroatoms. The number of nitrogens with zero attached hydrogens (tertiary/aromatic N) is 2. The van der Waals surface area contributed by atoms with Gasteiger partial charge >= 0.3 is 5.97 Å². The summed E-state index contributed by atoms with van der Waals surface area (Å²) in [4.78, 5) is 11.6. The molecule has 19 heavy (non-hydrogen) atoms. The van der Waals surface area contributed by atoms with Crippen LogP contribution in [0.4, 0.5) is 14.6 Å². The number of halogens is 2. The Kier molecular flexibility index (Phi) is 2.91. The summed E-state index contributed by atoms with van der Waals surface area (Å²) < 4.78 is 32.2. The minimum atomic E-state index is -2.49. The van der Waals surface area contributed by atoms with Crippen molar-refractivity contribution in [3.05, 3.63) is 11.8 Å². The lowest BCUT2D eigenvalue weighted by Crippen LogP contribution is -2.37. The molecule has 0 unspecified atom stereocenters. The van der Waals surface area contributed by atoms with Crippen molar-refractivity contribution in [2.75, 3.05) is 12.4 Å². The standard InChI is InChI=1S/C12H15F2N3O2/c1-19-12(18)7-5-15-17-9(10(13)14)4-8(6-2-3-6)16-11(7)17/h5-6,8-10,16H,2-4H2,1H3/t8-,9+/m1/s1. The summed E-state index contributed by atoms with van der Waals surface area (Å²) in [6.07, 6.45) is 1.24. The molecule has 0 aromatic carbocycles. The number of hydrogen-bond donors (Lipinski definition) is 1. The predicted octanol–water partition coefficient (Wildman–Crippen LogP) is 2.07. The maximum absolute atomic E-state index is 13.1. The van der Waals surface area contributed by atoms with Gasteiger partial charge in [0.05, 0.1) is 13.3 Å².